The molecule has 23 heavy (non-hydrogen) atoms. The molecule has 2 unspecified atom stereocenters. The van der Waals surface area contributed by atoms with Gasteiger partial charge in [-0.3, -0.25) is 4.68 Å². The number of nitrogens with zero attached hydrogens (tertiary/aromatic N) is 3. The number of rotatable bonds is 4. The van der Waals surface area contributed by atoms with Crippen LogP contribution in [0.2, 0.25) is 0 Å². The first-order valence-electron chi connectivity index (χ1n) is 8.55. The highest BCUT2D eigenvalue weighted by atomic mass is 16.6. The minimum atomic E-state index is -0.431. The largest absolute Gasteiger partial charge is 0.444 e. The van der Waals surface area contributed by atoms with Crippen molar-refractivity contribution in [3.8, 4) is 0 Å². The lowest BCUT2D eigenvalue weighted by atomic mass is 10.1. The molecule has 1 saturated heterocycles. The number of likely N-dealkylation sites (tertiary alicyclic amines) is 1. The topological polar surface area (TPSA) is 59.4 Å². The quantitative estimate of drug-likeness (QED) is 0.926. The molecule has 130 valence electrons. The van der Waals surface area contributed by atoms with Crippen LogP contribution < -0.4 is 5.32 Å². The van der Waals surface area contributed by atoms with E-state index in [1.807, 2.05) is 42.6 Å². The van der Waals surface area contributed by atoms with Gasteiger partial charge in [-0.1, -0.05) is 0 Å². The van der Waals surface area contributed by atoms with Crippen molar-refractivity contribution in [2.75, 3.05) is 13.1 Å². The molecule has 1 amide bonds. The number of ether oxygens (including phenoxy) is 1. The van der Waals surface area contributed by atoms with E-state index in [0.29, 0.717) is 12.1 Å². The third-order valence-electron chi connectivity index (χ3n) is 3.92. The number of carbonyl (C=O) groups is 1. The molecule has 1 aromatic rings. The van der Waals surface area contributed by atoms with E-state index in [1.165, 1.54) is 0 Å². The molecule has 0 radical (unpaired) electrons. The van der Waals surface area contributed by atoms with Crippen LogP contribution in [0.1, 0.15) is 47.0 Å². The Kier molecular flexibility index (Phi) is 6.04. The average molecular weight is 322 g/mol. The zero-order valence-corrected chi connectivity index (χ0v) is 14.8. The van der Waals surface area contributed by atoms with Gasteiger partial charge in [0, 0.05) is 37.6 Å². The van der Waals surface area contributed by atoms with Crippen molar-refractivity contribution >= 4 is 6.09 Å². The highest BCUT2D eigenvalue weighted by Crippen LogP contribution is 2.16. The van der Waals surface area contributed by atoms with Crippen LogP contribution in [0.15, 0.2) is 18.5 Å². The van der Waals surface area contributed by atoms with Crippen LogP contribution in [0, 0.1) is 0 Å². The molecule has 0 saturated carbocycles. The van der Waals surface area contributed by atoms with Crippen molar-refractivity contribution in [2.24, 2.45) is 0 Å². The summed E-state index contributed by atoms with van der Waals surface area (Å²) >= 11 is 0. The maximum Gasteiger partial charge on any atom is 0.410 e. The van der Waals surface area contributed by atoms with Crippen LogP contribution in [0.5, 0.6) is 0 Å². The van der Waals surface area contributed by atoms with Gasteiger partial charge in [-0.15, -0.1) is 0 Å². The van der Waals surface area contributed by atoms with E-state index in [9.17, 15) is 4.79 Å². The van der Waals surface area contributed by atoms with Crippen LogP contribution in [0.25, 0.3) is 0 Å². The van der Waals surface area contributed by atoms with Crippen molar-refractivity contribution in [2.45, 2.75) is 71.2 Å². The highest BCUT2D eigenvalue weighted by Gasteiger charge is 2.25. The van der Waals surface area contributed by atoms with Crippen molar-refractivity contribution in [1.29, 1.82) is 0 Å². The predicted octanol–water partition coefficient (Wildman–Crippen LogP) is 2.65. The average Bonchev–Trinajstić information content (AvgIpc) is 2.81. The predicted molar refractivity (Wildman–Crippen MR) is 90.3 cm³/mol. The molecule has 1 aromatic heterocycles. The molecule has 1 fully saturated rings. The second-order valence-corrected chi connectivity index (χ2v) is 7.39. The summed E-state index contributed by atoms with van der Waals surface area (Å²) in [4.78, 5) is 14.0. The Bertz CT molecular complexity index is 481. The maximum absolute atomic E-state index is 12.2. The van der Waals surface area contributed by atoms with E-state index < -0.39 is 5.60 Å². The van der Waals surface area contributed by atoms with Crippen molar-refractivity contribution in [1.82, 2.24) is 20.0 Å². The van der Waals surface area contributed by atoms with Crippen molar-refractivity contribution < 1.29 is 9.53 Å². The summed E-state index contributed by atoms with van der Waals surface area (Å²) in [5.74, 6) is 0. The van der Waals surface area contributed by atoms with Gasteiger partial charge in [-0.2, -0.15) is 5.10 Å². The van der Waals surface area contributed by atoms with Gasteiger partial charge in [0.05, 0.1) is 6.54 Å². The van der Waals surface area contributed by atoms with Crippen LogP contribution in [-0.2, 0) is 11.3 Å². The van der Waals surface area contributed by atoms with Crippen molar-refractivity contribution in [3.05, 3.63) is 18.5 Å². The fraction of sp³-hybridized carbons (Fsp3) is 0.765. The normalized spacial score (nSPS) is 20.9. The summed E-state index contributed by atoms with van der Waals surface area (Å²) in [6.45, 7) is 10.3. The minimum absolute atomic E-state index is 0.192. The maximum atomic E-state index is 12.2. The lowest BCUT2D eigenvalue weighted by Crippen LogP contribution is -2.40. The van der Waals surface area contributed by atoms with E-state index in [4.69, 9.17) is 4.74 Å². The molecule has 6 heteroatoms. The number of hydrogen-bond acceptors (Lipinski definition) is 4. The van der Waals surface area contributed by atoms with E-state index >= 15 is 0 Å². The molecule has 6 nitrogen and oxygen atoms in total. The van der Waals surface area contributed by atoms with Crippen LogP contribution in [0.4, 0.5) is 4.79 Å². The Morgan fingerprint density at radius 1 is 1.39 bits per heavy atom. The van der Waals surface area contributed by atoms with Gasteiger partial charge < -0.3 is 15.0 Å². The second-order valence-electron chi connectivity index (χ2n) is 7.39. The number of nitrogens with one attached hydrogen (secondary N) is 1. The molecular formula is C17H30N4O2. The highest BCUT2D eigenvalue weighted by molar-refractivity contribution is 5.68. The summed E-state index contributed by atoms with van der Waals surface area (Å²) in [6.07, 6.45) is 6.64. The molecule has 0 aromatic carbocycles. The Balaban J connectivity index is 1.78. The number of amides is 1. The van der Waals surface area contributed by atoms with E-state index in [-0.39, 0.29) is 6.09 Å². The zero-order valence-electron chi connectivity index (χ0n) is 14.8. The summed E-state index contributed by atoms with van der Waals surface area (Å²) in [7, 11) is 0. The third kappa shape index (κ3) is 6.22. The first kappa shape index (κ1) is 17.8. The summed E-state index contributed by atoms with van der Waals surface area (Å²) in [5.41, 5.74) is -0.431. The van der Waals surface area contributed by atoms with E-state index in [2.05, 4.69) is 17.3 Å². The lowest BCUT2D eigenvalue weighted by molar-refractivity contribution is 0.0256. The number of carbonyl (C=O) groups excluding carboxylic acids is 1. The smallest absolute Gasteiger partial charge is 0.410 e. The molecule has 1 N–H and O–H groups in total. The summed E-state index contributed by atoms with van der Waals surface area (Å²) in [5, 5.41) is 7.91. The monoisotopic (exact) mass is 322 g/mol. The number of aromatic nitrogens is 2. The van der Waals surface area contributed by atoms with Gasteiger partial charge >= 0.3 is 6.09 Å². The van der Waals surface area contributed by atoms with Crippen molar-refractivity contribution in [3.63, 3.8) is 0 Å². The Labute approximate surface area is 139 Å². The van der Waals surface area contributed by atoms with Gasteiger partial charge in [0.15, 0.2) is 0 Å². The lowest BCUT2D eigenvalue weighted by Gasteiger charge is -2.26. The summed E-state index contributed by atoms with van der Waals surface area (Å²) < 4.78 is 7.42. The Hall–Kier alpha value is -1.56. The molecule has 1 aliphatic heterocycles. The van der Waals surface area contributed by atoms with Gasteiger partial charge in [0.2, 0.25) is 0 Å². The van der Waals surface area contributed by atoms with Crippen LogP contribution in [0.3, 0.4) is 0 Å². The van der Waals surface area contributed by atoms with Gasteiger partial charge in [-0.25, -0.2) is 4.79 Å². The molecule has 2 heterocycles. The third-order valence-corrected chi connectivity index (χ3v) is 3.92. The van der Waals surface area contributed by atoms with Gasteiger partial charge in [0.1, 0.15) is 5.60 Å². The van der Waals surface area contributed by atoms with Crippen LogP contribution >= 0.6 is 0 Å². The fourth-order valence-corrected chi connectivity index (χ4v) is 2.92. The SMILES string of the molecule is CC(Cn1cccn1)NC1CCCN(C(=O)OC(C)(C)C)CC1. The molecule has 0 spiro atoms. The Morgan fingerprint density at radius 3 is 2.83 bits per heavy atom. The fourth-order valence-electron chi connectivity index (χ4n) is 2.92. The van der Waals surface area contributed by atoms with Gasteiger partial charge in [0.25, 0.3) is 0 Å². The minimum Gasteiger partial charge on any atom is -0.444 e. The zero-order chi connectivity index (χ0) is 16.9. The first-order chi connectivity index (χ1) is 10.8. The first-order valence-corrected chi connectivity index (χ1v) is 8.55. The molecule has 1 aliphatic rings. The second kappa shape index (κ2) is 7.81. The summed E-state index contributed by atoms with van der Waals surface area (Å²) in [6, 6.07) is 2.73. The molecule has 2 atom stereocenters. The molecular weight excluding hydrogens is 292 g/mol. The molecule has 0 aliphatic carbocycles. The number of hydrogen-bond donors (Lipinski definition) is 1. The molecule has 2 rings (SSSR count). The van der Waals surface area contributed by atoms with E-state index in [0.717, 1.165) is 38.9 Å². The Morgan fingerprint density at radius 2 is 2.17 bits per heavy atom. The van der Waals surface area contributed by atoms with Gasteiger partial charge in [-0.05, 0) is 53.0 Å². The molecule has 0 bridgehead atoms. The standard InChI is InChI=1S/C17H30N4O2/c1-14(13-21-11-6-9-18-21)19-15-7-5-10-20(12-8-15)16(22)23-17(2,3)4/h6,9,11,14-15,19H,5,7-8,10,12-13H2,1-4H3. The van der Waals surface area contributed by atoms with E-state index in [1.54, 1.807) is 6.20 Å². The van der Waals surface area contributed by atoms with Crippen LogP contribution in [-0.4, -0.2) is 51.5 Å².